The summed E-state index contributed by atoms with van der Waals surface area (Å²) in [6.45, 7) is 8.46. The van der Waals surface area contributed by atoms with Gasteiger partial charge < -0.3 is 0 Å². The first kappa shape index (κ1) is 16.0. The Balaban J connectivity index is 1.74. The first-order chi connectivity index (χ1) is 12.0. The lowest BCUT2D eigenvalue weighted by atomic mass is 10.1. The zero-order valence-corrected chi connectivity index (χ0v) is 14.9. The molecule has 0 N–H and O–H groups in total. The molecule has 0 saturated heterocycles. The second-order valence-corrected chi connectivity index (χ2v) is 7.10. The van der Waals surface area contributed by atoms with E-state index in [1.54, 1.807) is 6.20 Å². The normalized spacial score (nSPS) is 18.0. The Hall–Kier alpha value is -2.47. The van der Waals surface area contributed by atoms with Crippen molar-refractivity contribution in [2.45, 2.75) is 52.5 Å². The Bertz CT molecular complexity index is 957. The Labute approximate surface area is 146 Å². The molecule has 0 aliphatic carbocycles. The maximum atomic E-state index is 12.9. The summed E-state index contributed by atoms with van der Waals surface area (Å²) in [5.41, 5.74) is 2.00. The molecule has 6 nitrogen and oxygen atoms in total. The first-order valence-electron chi connectivity index (χ1n) is 8.79. The second kappa shape index (κ2) is 6.11. The minimum absolute atomic E-state index is 0.0260. The molecule has 0 radical (unpaired) electrons. The van der Waals surface area contributed by atoms with Crippen molar-refractivity contribution in [3.63, 3.8) is 0 Å². The lowest BCUT2D eigenvalue weighted by Crippen LogP contribution is -2.45. The number of aromatic nitrogens is 4. The first-order valence-corrected chi connectivity index (χ1v) is 8.79. The molecule has 6 heteroatoms. The van der Waals surface area contributed by atoms with Crippen molar-refractivity contribution in [3.8, 4) is 0 Å². The van der Waals surface area contributed by atoms with Crippen LogP contribution in [0.1, 0.15) is 38.2 Å². The van der Waals surface area contributed by atoms with Crippen LogP contribution in [0.5, 0.6) is 0 Å². The largest absolute Gasteiger partial charge is 0.293 e. The average molecular weight is 337 g/mol. The van der Waals surface area contributed by atoms with Crippen molar-refractivity contribution < 1.29 is 0 Å². The summed E-state index contributed by atoms with van der Waals surface area (Å²) < 4.78 is 3.65. The molecule has 2 aromatic heterocycles. The van der Waals surface area contributed by atoms with E-state index in [1.165, 1.54) is 5.56 Å². The van der Waals surface area contributed by atoms with Gasteiger partial charge >= 0.3 is 0 Å². The van der Waals surface area contributed by atoms with Crippen LogP contribution in [0.3, 0.4) is 0 Å². The summed E-state index contributed by atoms with van der Waals surface area (Å²) in [6, 6.07) is 10.9. The molecule has 0 saturated carbocycles. The predicted molar refractivity (Wildman–Crippen MR) is 97.3 cm³/mol. The van der Waals surface area contributed by atoms with Gasteiger partial charge in [-0.2, -0.15) is 5.10 Å². The third-order valence-electron chi connectivity index (χ3n) is 4.92. The molecule has 1 atom stereocenters. The fourth-order valence-corrected chi connectivity index (χ4v) is 3.50. The van der Waals surface area contributed by atoms with E-state index < -0.39 is 0 Å². The van der Waals surface area contributed by atoms with Crippen molar-refractivity contribution in [1.29, 1.82) is 0 Å². The molecule has 25 heavy (non-hydrogen) atoms. The van der Waals surface area contributed by atoms with E-state index in [0.717, 1.165) is 12.4 Å². The van der Waals surface area contributed by atoms with Crippen LogP contribution in [0, 0.1) is 0 Å². The van der Waals surface area contributed by atoms with Crippen LogP contribution in [0.4, 0.5) is 0 Å². The van der Waals surface area contributed by atoms with Gasteiger partial charge in [-0.1, -0.05) is 30.3 Å². The van der Waals surface area contributed by atoms with Gasteiger partial charge in [-0.05, 0) is 26.3 Å². The van der Waals surface area contributed by atoms with Gasteiger partial charge in [0.1, 0.15) is 11.2 Å². The second-order valence-electron chi connectivity index (χ2n) is 7.10. The summed E-state index contributed by atoms with van der Waals surface area (Å²) in [4.78, 5) is 20.1. The van der Waals surface area contributed by atoms with Crippen molar-refractivity contribution in [2.75, 3.05) is 0 Å². The van der Waals surface area contributed by atoms with Gasteiger partial charge in [-0.15, -0.1) is 0 Å². The highest BCUT2D eigenvalue weighted by Crippen LogP contribution is 2.20. The Kier molecular flexibility index (Phi) is 3.92. The van der Waals surface area contributed by atoms with Crippen LogP contribution in [0.25, 0.3) is 11.0 Å². The van der Waals surface area contributed by atoms with Gasteiger partial charge in [0.2, 0.25) is 0 Å². The van der Waals surface area contributed by atoms with Crippen molar-refractivity contribution in [1.82, 2.24) is 24.2 Å². The fraction of sp³-hybridized carbons (Fsp3) is 0.421. The van der Waals surface area contributed by atoms with E-state index in [1.807, 2.05) is 15.3 Å². The van der Waals surface area contributed by atoms with Crippen LogP contribution >= 0.6 is 0 Å². The summed E-state index contributed by atoms with van der Waals surface area (Å²) in [5, 5.41) is 4.97. The number of benzene rings is 1. The standard InChI is InChI=1S/C19H23N5O/c1-13(2)24-18-16(9-20-24)19(25)23-10-14(3)22(12-17(23)21-18)11-15-7-5-4-6-8-15/h4-9,13-14H,10-12H2,1-3H3. The zero-order chi connectivity index (χ0) is 17.6. The average Bonchev–Trinajstić information content (AvgIpc) is 3.02. The Morgan fingerprint density at radius 2 is 2.00 bits per heavy atom. The smallest absolute Gasteiger partial charge is 0.264 e. The van der Waals surface area contributed by atoms with E-state index in [9.17, 15) is 4.79 Å². The monoisotopic (exact) mass is 337 g/mol. The molecule has 4 rings (SSSR count). The highest BCUT2D eigenvalue weighted by atomic mass is 16.1. The van der Waals surface area contributed by atoms with Crippen molar-refractivity contribution >= 4 is 11.0 Å². The van der Waals surface area contributed by atoms with E-state index in [2.05, 4.69) is 55.0 Å². The Morgan fingerprint density at radius 1 is 1.24 bits per heavy atom. The molecule has 0 fully saturated rings. The van der Waals surface area contributed by atoms with Crippen LogP contribution < -0.4 is 5.56 Å². The van der Waals surface area contributed by atoms with Gasteiger partial charge in [0.05, 0.1) is 12.7 Å². The van der Waals surface area contributed by atoms with Crippen LogP contribution in [-0.2, 0) is 19.6 Å². The molecule has 1 aromatic carbocycles. The summed E-state index contributed by atoms with van der Waals surface area (Å²) in [5.74, 6) is 0.828. The molecule has 3 heterocycles. The van der Waals surface area contributed by atoms with Crippen molar-refractivity contribution in [3.05, 3.63) is 58.3 Å². The lowest BCUT2D eigenvalue weighted by Gasteiger charge is -2.35. The molecule has 1 aliphatic rings. The molecule has 0 bridgehead atoms. The highest BCUT2D eigenvalue weighted by molar-refractivity contribution is 5.73. The van der Waals surface area contributed by atoms with Crippen LogP contribution in [-0.4, -0.2) is 30.3 Å². The SMILES string of the molecule is CC1Cn2c(nc3c(cnn3C(C)C)c2=O)CN1Cc1ccccc1. The molecule has 1 aliphatic heterocycles. The lowest BCUT2D eigenvalue weighted by molar-refractivity contribution is 0.137. The summed E-state index contributed by atoms with van der Waals surface area (Å²) in [7, 11) is 0. The van der Waals surface area contributed by atoms with E-state index in [4.69, 9.17) is 4.98 Å². The molecule has 0 amide bonds. The fourth-order valence-electron chi connectivity index (χ4n) is 3.50. The maximum absolute atomic E-state index is 12.9. The molecular weight excluding hydrogens is 314 g/mol. The van der Waals surface area contributed by atoms with Gasteiger partial charge in [0, 0.05) is 25.2 Å². The molecule has 1 unspecified atom stereocenters. The molecular formula is C19H23N5O. The minimum atomic E-state index is 0.0260. The topological polar surface area (TPSA) is 56.0 Å². The van der Waals surface area contributed by atoms with E-state index >= 15 is 0 Å². The zero-order valence-electron chi connectivity index (χ0n) is 14.9. The van der Waals surface area contributed by atoms with Gasteiger partial charge in [-0.3, -0.25) is 14.3 Å². The van der Waals surface area contributed by atoms with Gasteiger partial charge in [-0.25, -0.2) is 9.67 Å². The Morgan fingerprint density at radius 3 is 2.72 bits per heavy atom. The number of nitrogens with zero attached hydrogens (tertiary/aromatic N) is 5. The van der Waals surface area contributed by atoms with Crippen LogP contribution in [0.15, 0.2) is 41.3 Å². The number of rotatable bonds is 3. The minimum Gasteiger partial charge on any atom is -0.293 e. The molecule has 130 valence electrons. The maximum Gasteiger partial charge on any atom is 0.264 e. The molecule has 0 spiro atoms. The van der Waals surface area contributed by atoms with Gasteiger partial charge in [0.25, 0.3) is 5.56 Å². The summed E-state index contributed by atoms with van der Waals surface area (Å²) >= 11 is 0. The summed E-state index contributed by atoms with van der Waals surface area (Å²) in [6.07, 6.45) is 1.65. The van der Waals surface area contributed by atoms with Gasteiger partial charge in [0.15, 0.2) is 5.65 Å². The van der Waals surface area contributed by atoms with Crippen LogP contribution in [0.2, 0.25) is 0 Å². The molecule has 3 aromatic rings. The number of hydrogen-bond donors (Lipinski definition) is 0. The highest BCUT2D eigenvalue weighted by Gasteiger charge is 2.26. The van der Waals surface area contributed by atoms with Crippen molar-refractivity contribution in [2.24, 2.45) is 0 Å². The predicted octanol–water partition coefficient (Wildman–Crippen LogP) is 2.58. The van der Waals surface area contributed by atoms with E-state index in [-0.39, 0.29) is 17.6 Å². The number of fused-ring (bicyclic) bond motifs is 2. The van der Waals surface area contributed by atoms with E-state index in [0.29, 0.717) is 24.1 Å². The third kappa shape index (κ3) is 2.76. The quantitative estimate of drug-likeness (QED) is 0.737. The number of hydrogen-bond acceptors (Lipinski definition) is 4. The third-order valence-corrected chi connectivity index (χ3v) is 4.92.